The molecule has 2 aromatic rings. The van der Waals surface area contributed by atoms with Crippen LogP contribution < -0.4 is 5.32 Å². The van der Waals surface area contributed by atoms with Gasteiger partial charge in [0, 0.05) is 23.8 Å². The number of halogens is 2. The van der Waals surface area contributed by atoms with Crippen molar-refractivity contribution < 1.29 is 9.13 Å². The average Bonchev–Trinajstić information content (AvgIpc) is 2.34. The summed E-state index contributed by atoms with van der Waals surface area (Å²) < 4.78 is 19.8. The minimum Gasteiger partial charge on any atom is -0.385 e. The van der Waals surface area contributed by atoms with E-state index in [2.05, 4.69) is 26.2 Å². The molecule has 0 aliphatic heterocycles. The van der Waals surface area contributed by atoms with Gasteiger partial charge < -0.3 is 10.1 Å². The molecule has 2 rings (SSSR count). The summed E-state index contributed by atoms with van der Waals surface area (Å²) in [6, 6.07) is 4.92. The Balaban J connectivity index is 2.72. The van der Waals surface area contributed by atoms with E-state index in [1.165, 1.54) is 6.07 Å². The number of anilines is 1. The maximum Gasteiger partial charge on any atom is 0.134 e. The second-order valence-corrected chi connectivity index (χ2v) is 4.73. The molecule has 0 saturated carbocycles. The molecule has 0 bridgehead atoms. The van der Waals surface area contributed by atoms with Gasteiger partial charge in [-0.15, -0.1) is 0 Å². The van der Waals surface area contributed by atoms with Gasteiger partial charge in [0.25, 0.3) is 0 Å². The molecule has 1 aromatic heterocycles. The summed E-state index contributed by atoms with van der Waals surface area (Å²) >= 11 is 3.40. The number of fused-ring (bicyclic) bond motifs is 1. The van der Waals surface area contributed by atoms with E-state index >= 15 is 0 Å². The molecule has 0 fully saturated rings. The molecule has 1 aromatic carbocycles. The third kappa shape index (κ3) is 2.47. The van der Waals surface area contributed by atoms with Crippen LogP contribution in [0.4, 0.5) is 10.1 Å². The van der Waals surface area contributed by atoms with E-state index in [1.807, 2.05) is 13.0 Å². The zero-order chi connectivity index (χ0) is 13.1. The maximum absolute atomic E-state index is 13.9. The number of rotatable bonds is 4. The Bertz CT molecular complexity index is 574. The largest absolute Gasteiger partial charge is 0.385 e. The molecule has 0 spiro atoms. The Kier molecular flexibility index (Phi) is 4.14. The van der Waals surface area contributed by atoms with E-state index in [0.29, 0.717) is 17.5 Å². The summed E-state index contributed by atoms with van der Waals surface area (Å²) in [6.07, 6.45) is 0. The summed E-state index contributed by atoms with van der Waals surface area (Å²) in [7, 11) is 1.61. The van der Waals surface area contributed by atoms with Gasteiger partial charge in [0.05, 0.1) is 23.2 Å². The fourth-order valence-electron chi connectivity index (χ4n) is 1.87. The average molecular weight is 313 g/mol. The number of hydrogen-bond acceptors (Lipinski definition) is 3. The van der Waals surface area contributed by atoms with E-state index < -0.39 is 0 Å². The van der Waals surface area contributed by atoms with Crippen LogP contribution in [-0.4, -0.2) is 18.6 Å². The first-order valence-electron chi connectivity index (χ1n) is 5.67. The summed E-state index contributed by atoms with van der Waals surface area (Å²) in [5.74, 6) is -0.277. The molecular weight excluding hydrogens is 299 g/mol. The highest BCUT2D eigenvalue weighted by Gasteiger charge is 2.12. The van der Waals surface area contributed by atoms with Crippen LogP contribution in [0.1, 0.15) is 12.6 Å². The fraction of sp³-hybridized carbons (Fsp3) is 0.308. The molecular formula is C13H14BrFN2O. The quantitative estimate of drug-likeness (QED) is 0.934. The van der Waals surface area contributed by atoms with Crippen LogP contribution in [0.25, 0.3) is 10.9 Å². The van der Waals surface area contributed by atoms with E-state index in [0.717, 1.165) is 22.4 Å². The van der Waals surface area contributed by atoms with Crippen molar-refractivity contribution in [2.24, 2.45) is 0 Å². The Hall–Kier alpha value is -1.20. The number of methoxy groups -OCH3 is 1. The Morgan fingerprint density at radius 1 is 1.44 bits per heavy atom. The summed E-state index contributed by atoms with van der Waals surface area (Å²) in [4.78, 5) is 4.42. The lowest BCUT2D eigenvalue weighted by Gasteiger charge is -2.12. The van der Waals surface area contributed by atoms with Gasteiger partial charge >= 0.3 is 0 Å². The van der Waals surface area contributed by atoms with Crippen molar-refractivity contribution in [2.45, 2.75) is 13.5 Å². The minimum absolute atomic E-state index is 0.277. The lowest BCUT2D eigenvalue weighted by atomic mass is 10.1. The summed E-state index contributed by atoms with van der Waals surface area (Å²) in [6.45, 7) is 3.09. The van der Waals surface area contributed by atoms with Gasteiger partial charge in [0.2, 0.25) is 0 Å². The van der Waals surface area contributed by atoms with E-state index in [9.17, 15) is 4.39 Å². The molecule has 0 radical (unpaired) electrons. The predicted molar refractivity (Wildman–Crippen MR) is 74.3 cm³/mol. The number of pyridine rings is 1. The third-order valence-corrected chi connectivity index (χ3v) is 3.21. The van der Waals surface area contributed by atoms with Crippen LogP contribution in [-0.2, 0) is 11.3 Å². The Morgan fingerprint density at radius 2 is 2.22 bits per heavy atom. The minimum atomic E-state index is -0.277. The van der Waals surface area contributed by atoms with E-state index in [-0.39, 0.29) is 5.82 Å². The monoisotopic (exact) mass is 312 g/mol. The number of nitrogens with one attached hydrogen (secondary N) is 1. The number of nitrogens with zero attached hydrogens (tertiary/aromatic N) is 1. The maximum atomic E-state index is 13.9. The van der Waals surface area contributed by atoms with Crippen molar-refractivity contribution in [2.75, 3.05) is 19.0 Å². The highest BCUT2D eigenvalue weighted by atomic mass is 79.9. The van der Waals surface area contributed by atoms with Gasteiger partial charge in [-0.05, 0) is 41.1 Å². The molecule has 5 heteroatoms. The SMILES string of the molecule is CCNc1cc(COC)nc2c(Br)ccc(F)c12. The first-order chi connectivity index (χ1) is 8.67. The Labute approximate surface area is 113 Å². The molecule has 0 saturated heterocycles. The van der Waals surface area contributed by atoms with Crippen molar-refractivity contribution in [1.82, 2.24) is 4.98 Å². The van der Waals surface area contributed by atoms with Gasteiger partial charge in [-0.3, -0.25) is 0 Å². The first kappa shape index (κ1) is 13.2. The van der Waals surface area contributed by atoms with Gasteiger partial charge in [0.15, 0.2) is 0 Å². The van der Waals surface area contributed by atoms with Gasteiger partial charge in [-0.1, -0.05) is 0 Å². The number of aromatic nitrogens is 1. The van der Waals surface area contributed by atoms with Crippen molar-refractivity contribution in [3.8, 4) is 0 Å². The molecule has 1 heterocycles. The van der Waals surface area contributed by atoms with Crippen LogP contribution in [0, 0.1) is 5.82 Å². The summed E-state index contributed by atoms with van der Waals surface area (Å²) in [5.41, 5.74) is 2.13. The van der Waals surface area contributed by atoms with Crippen LogP contribution >= 0.6 is 15.9 Å². The van der Waals surface area contributed by atoms with Crippen molar-refractivity contribution in [3.63, 3.8) is 0 Å². The third-order valence-electron chi connectivity index (χ3n) is 2.57. The van der Waals surface area contributed by atoms with Gasteiger partial charge in [-0.2, -0.15) is 0 Å². The second kappa shape index (κ2) is 5.63. The zero-order valence-corrected chi connectivity index (χ0v) is 11.8. The lowest BCUT2D eigenvalue weighted by molar-refractivity contribution is 0.182. The first-order valence-corrected chi connectivity index (χ1v) is 6.47. The molecule has 0 aliphatic rings. The molecule has 3 nitrogen and oxygen atoms in total. The highest BCUT2D eigenvalue weighted by Crippen LogP contribution is 2.31. The molecule has 18 heavy (non-hydrogen) atoms. The van der Waals surface area contributed by atoms with Gasteiger partial charge in [0.1, 0.15) is 5.82 Å². The van der Waals surface area contributed by atoms with E-state index in [4.69, 9.17) is 4.74 Å². The van der Waals surface area contributed by atoms with Crippen LogP contribution in [0.2, 0.25) is 0 Å². The molecule has 96 valence electrons. The van der Waals surface area contributed by atoms with Gasteiger partial charge in [-0.25, -0.2) is 9.37 Å². The van der Waals surface area contributed by atoms with Crippen molar-refractivity contribution in [3.05, 3.63) is 34.2 Å². The normalized spacial score (nSPS) is 10.9. The fourth-order valence-corrected chi connectivity index (χ4v) is 2.29. The van der Waals surface area contributed by atoms with E-state index in [1.54, 1.807) is 13.2 Å². The van der Waals surface area contributed by atoms with Crippen molar-refractivity contribution in [1.29, 1.82) is 0 Å². The highest BCUT2D eigenvalue weighted by molar-refractivity contribution is 9.10. The smallest absolute Gasteiger partial charge is 0.134 e. The molecule has 0 atom stereocenters. The zero-order valence-electron chi connectivity index (χ0n) is 10.3. The van der Waals surface area contributed by atoms with Crippen LogP contribution in [0.15, 0.2) is 22.7 Å². The predicted octanol–water partition coefficient (Wildman–Crippen LogP) is 3.71. The number of hydrogen-bond donors (Lipinski definition) is 1. The lowest BCUT2D eigenvalue weighted by Crippen LogP contribution is -2.03. The standard InChI is InChI=1S/C13H14BrFN2O/c1-3-16-11-6-8(7-18-2)17-13-9(14)4-5-10(15)12(11)13/h4-6H,3,7H2,1-2H3,(H,16,17). The number of benzene rings is 1. The summed E-state index contributed by atoms with van der Waals surface area (Å²) in [5, 5.41) is 3.67. The molecule has 0 amide bonds. The van der Waals surface area contributed by atoms with Crippen molar-refractivity contribution >= 4 is 32.5 Å². The Morgan fingerprint density at radius 3 is 2.89 bits per heavy atom. The molecule has 1 N–H and O–H groups in total. The van der Waals surface area contributed by atoms with Crippen LogP contribution in [0.5, 0.6) is 0 Å². The van der Waals surface area contributed by atoms with Crippen LogP contribution in [0.3, 0.4) is 0 Å². The molecule has 0 aliphatic carbocycles. The number of ether oxygens (including phenoxy) is 1. The topological polar surface area (TPSA) is 34.1 Å². The molecule has 0 unspecified atom stereocenters. The second-order valence-electron chi connectivity index (χ2n) is 3.88.